The van der Waals surface area contributed by atoms with E-state index in [-0.39, 0.29) is 11.3 Å². The molecule has 0 radical (unpaired) electrons. The van der Waals surface area contributed by atoms with E-state index in [2.05, 4.69) is 44.7 Å². The number of aryl methyl sites for hydroxylation is 1. The second-order valence-corrected chi connectivity index (χ2v) is 6.61. The maximum atomic E-state index is 5.81. The third-order valence-corrected chi connectivity index (χ3v) is 4.58. The van der Waals surface area contributed by atoms with E-state index >= 15 is 0 Å². The molecule has 0 bridgehead atoms. The Morgan fingerprint density at radius 2 is 1.25 bits per heavy atom. The molecule has 0 aliphatic carbocycles. The molecule has 2 aliphatic heterocycles. The predicted octanol–water partition coefficient (Wildman–Crippen LogP) is 4.98. The molecular weight excluding hydrogens is 300 g/mol. The lowest BCUT2D eigenvalue weighted by Crippen LogP contribution is -2.03. The Bertz CT molecular complexity index is 712. The van der Waals surface area contributed by atoms with E-state index < -0.39 is 0 Å². The summed E-state index contributed by atoms with van der Waals surface area (Å²) in [7, 11) is 0. The molecule has 122 valence electrons. The van der Waals surface area contributed by atoms with Crippen LogP contribution in [0.1, 0.15) is 37.0 Å². The van der Waals surface area contributed by atoms with Crippen molar-refractivity contribution in [2.45, 2.75) is 38.0 Å². The van der Waals surface area contributed by atoms with Crippen molar-refractivity contribution in [3.63, 3.8) is 0 Å². The molecule has 0 fully saturated rings. The van der Waals surface area contributed by atoms with Crippen LogP contribution in [0.25, 0.3) is 0 Å². The van der Waals surface area contributed by atoms with E-state index in [1.165, 1.54) is 5.56 Å². The molecule has 2 aliphatic rings. The highest BCUT2D eigenvalue weighted by molar-refractivity contribution is 5.33. The summed E-state index contributed by atoms with van der Waals surface area (Å²) in [5, 5.41) is 16.2. The van der Waals surface area contributed by atoms with Gasteiger partial charge in [0.15, 0.2) is 0 Å². The van der Waals surface area contributed by atoms with Crippen LogP contribution in [0.15, 0.2) is 69.0 Å². The summed E-state index contributed by atoms with van der Waals surface area (Å²) >= 11 is 0. The van der Waals surface area contributed by atoms with Crippen LogP contribution in [0.2, 0.25) is 0 Å². The molecule has 4 rings (SSSR count). The molecule has 0 spiro atoms. The second-order valence-electron chi connectivity index (χ2n) is 6.61. The van der Waals surface area contributed by atoms with E-state index in [1.54, 1.807) is 0 Å². The van der Waals surface area contributed by atoms with Crippen LogP contribution in [0.4, 0.5) is 0 Å². The average molecular weight is 320 g/mol. The maximum Gasteiger partial charge on any atom is 0.213 e. The maximum absolute atomic E-state index is 5.81. The summed E-state index contributed by atoms with van der Waals surface area (Å²) in [6.07, 6.45) is 1.98. The minimum atomic E-state index is -0.317. The summed E-state index contributed by atoms with van der Waals surface area (Å²) in [6.45, 7) is 4.72. The van der Waals surface area contributed by atoms with Crippen molar-refractivity contribution in [3.05, 3.63) is 65.2 Å². The molecule has 0 atom stereocenters. The molecule has 0 saturated heterocycles. The monoisotopic (exact) mass is 320 g/mol. The van der Waals surface area contributed by atoms with Crippen molar-refractivity contribution in [3.8, 4) is 5.75 Å². The highest BCUT2D eigenvalue weighted by Gasteiger charge is 2.36. The zero-order valence-electron chi connectivity index (χ0n) is 13.9. The van der Waals surface area contributed by atoms with E-state index in [0.29, 0.717) is 6.61 Å². The number of ether oxygens (including phenoxy) is 1. The fraction of sp³-hybridized carbons (Fsp3) is 0.368. The van der Waals surface area contributed by atoms with Crippen LogP contribution in [-0.4, -0.2) is 6.61 Å². The topological polar surface area (TPSA) is 58.7 Å². The lowest BCUT2D eigenvalue weighted by molar-refractivity contribution is 0.311. The van der Waals surface area contributed by atoms with Crippen LogP contribution in [0.3, 0.4) is 0 Å². The lowest BCUT2D eigenvalue weighted by Gasteiger charge is -2.09. The Balaban J connectivity index is 1.23. The van der Waals surface area contributed by atoms with Crippen LogP contribution < -0.4 is 4.74 Å². The molecule has 0 N–H and O–H groups in total. The first-order valence-electron chi connectivity index (χ1n) is 8.28. The number of hydrogen-bond acceptors (Lipinski definition) is 5. The third-order valence-electron chi connectivity index (χ3n) is 4.58. The van der Waals surface area contributed by atoms with Gasteiger partial charge in [0.25, 0.3) is 0 Å². The summed E-state index contributed by atoms with van der Waals surface area (Å²) in [5.41, 5.74) is 2.98. The molecule has 2 heterocycles. The van der Waals surface area contributed by atoms with E-state index in [0.717, 1.165) is 29.7 Å². The quantitative estimate of drug-likeness (QED) is 0.664. The lowest BCUT2D eigenvalue weighted by atomic mass is 10.0. The number of rotatable bonds is 7. The van der Waals surface area contributed by atoms with Gasteiger partial charge >= 0.3 is 0 Å². The average Bonchev–Trinajstić information content (AvgIpc) is 3.53. The van der Waals surface area contributed by atoms with Crippen LogP contribution >= 0.6 is 0 Å². The number of hydrogen-bond donors (Lipinski definition) is 0. The van der Waals surface area contributed by atoms with Gasteiger partial charge in [0.2, 0.25) is 11.3 Å². The molecule has 5 heteroatoms. The fourth-order valence-electron chi connectivity index (χ4n) is 2.70. The summed E-state index contributed by atoms with van der Waals surface area (Å²) in [4.78, 5) is 0. The van der Waals surface area contributed by atoms with Crippen LogP contribution in [0.5, 0.6) is 5.75 Å². The molecule has 2 aromatic rings. The van der Waals surface area contributed by atoms with Crippen LogP contribution in [-0.2, 0) is 17.7 Å². The molecular formula is C19H20N4O. The van der Waals surface area contributed by atoms with Gasteiger partial charge in [-0.15, -0.1) is 0 Å². The Morgan fingerprint density at radius 1 is 0.750 bits per heavy atom. The van der Waals surface area contributed by atoms with Crippen molar-refractivity contribution in [1.82, 2.24) is 0 Å². The van der Waals surface area contributed by atoms with Crippen molar-refractivity contribution >= 4 is 0 Å². The summed E-state index contributed by atoms with van der Waals surface area (Å²) in [6, 6.07) is 16.6. The number of benzene rings is 2. The highest BCUT2D eigenvalue weighted by atomic mass is 16.5. The minimum Gasteiger partial charge on any atom is -0.494 e. The molecule has 0 unspecified atom stereocenters. The molecule has 0 saturated carbocycles. The van der Waals surface area contributed by atoms with Gasteiger partial charge in [-0.05, 0) is 44.4 Å². The van der Waals surface area contributed by atoms with Gasteiger partial charge in [-0.25, -0.2) is 0 Å². The number of nitrogens with zero attached hydrogens (tertiary/aromatic N) is 4. The van der Waals surface area contributed by atoms with Gasteiger partial charge in [-0.1, -0.05) is 36.4 Å². The molecule has 0 aromatic heterocycles. The van der Waals surface area contributed by atoms with Crippen LogP contribution in [0, 0.1) is 0 Å². The first-order chi connectivity index (χ1) is 11.6. The van der Waals surface area contributed by atoms with E-state index in [9.17, 15) is 0 Å². The first kappa shape index (κ1) is 15.0. The van der Waals surface area contributed by atoms with Gasteiger partial charge in [0, 0.05) is 11.1 Å². The normalized spacial score (nSPS) is 18.4. The zero-order chi connectivity index (χ0) is 16.6. The SMILES string of the molecule is CC1(c2ccc(CCCOc3ccc(C4(C)N=N4)cc3)cc2)N=N1. The standard InChI is InChI=1S/C19H20N4O/c1-18(20-21-18)15-7-5-14(6-8-15)4-3-13-24-17-11-9-16(10-12-17)19(2)22-23-19/h5-12H,3-4,13H2,1-2H3. The van der Waals surface area contributed by atoms with Crippen molar-refractivity contribution in [1.29, 1.82) is 0 Å². The van der Waals surface area contributed by atoms with Gasteiger partial charge in [-0.3, -0.25) is 0 Å². The molecule has 0 amide bonds. The first-order valence-corrected chi connectivity index (χ1v) is 8.28. The van der Waals surface area contributed by atoms with E-state index in [1.807, 2.05) is 38.1 Å². The van der Waals surface area contributed by atoms with Gasteiger partial charge < -0.3 is 4.74 Å². The smallest absolute Gasteiger partial charge is 0.213 e. The summed E-state index contributed by atoms with van der Waals surface area (Å²) in [5.74, 6) is 0.892. The highest BCUT2D eigenvalue weighted by Crippen LogP contribution is 2.39. The fourth-order valence-corrected chi connectivity index (χ4v) is 2.70. The Kier molecular flexibility index (Phi) is 3.44. The third kappa shape index (κ3) is 3.07. The Labute approximate surface area is 141 Å². The molecule has 24 heavy (non-hydrogen) atoms. The van der Waals surface area contributed by atoms with Crippen molar-refractivity contribution < 1.29 is 4.74 Å². The summed E-state index contributed by atoms with van der Waals surface area (Å²) < 4.78 is 5.81. The Morgan fingerprint density at radius 3 is 1.75 bits per heavy atom. The Hall–Kier alpha value is -2.56. The minimum absolute atomic E-state index is 0.286. The van der Waals surface area contributed by atoms with Gasteiger partial charge in [-0.2, -0.15) is 20.5 Å². The van der Waals surface area contributed by atoms with E-state index in [4.69, 9.17) is 4.74 Å². The second kappa shape index (κ2) is 5.51. The van der Waals surface area contributed by atoms with Crippen molar-refractivity contribution in [2.24, 2.45) is 20.5 Å². The predicted molar refractivity (Wildman–Crippen MR) is 91.1 cm³/mol. The zero-order valence-corrected chi connectivity index (χ0v) is 13.9. The van der Waals surface area contributed by atoms with Gasteiger partial charge in [0.05, 0.1) is 6.61 Å². The van der Waals surface area contributed by atoms with Crippen molar-refractivity contribution in [2.75, 3.05) is 6.61 Å². The molecule has 5 nitrogen and oxygen atoms in total. The largest absolute Gasteiger partial charge is 0.494 e. The molecule has 2 aromatic carbocycles. The van der Waals surface area contributed by atoms with Gasteiger partial charge in [0.1, 0.15) is 5.75 Å².